The molecule has 0 saturated heterocycles. The molecule has 15 aromatic carbocycles. The summed E-state index contributed by atoms with van der Waals surface area (Å²) in [5.41, 5.74) is 38.8. The van der Waals surface area contributed by atoms with Crippen LogP contribution in [0.4, 0.5) is 34.1 Å². The summed E-state index contributed by atoms with van der Waals surface area (Å²) in [5, 5.41) is 2.46. The molecule has 3 nitrogen and oxygen atoms in total. The third-order valence-corrected chi connectivity index (χ3v) is 22.6. The monoisotopic (exact) mass is 1210 g/mol. The summed E-state index contributed by atoms with van der Waals surface area (Å²) >= 11 is 0. The molecule has 0 bridgehead atoms. The number of aromatic nitrogens is 1. The molecular weight excluding hydrogens is 1160 g/mol. The summed E-state index contributed by atoms with van der Waals surface area (Å²) in [6, 6.07) is 130. The topological polar surface area (TPSA) is 11.4 Å². The smallest absolute Gasteiger partial charge is 0.252 e. The van der Waals surface area contributed by atoms with Crippen molar-refractivity contribution in [2.75, 3.05) is 9.80 Å². The molecule has 6 aliphatic rings. The molecule has 442 valence electrons. The summed E-state index contributed by atoms with van der Waals surface area (Å²) in [4.78, 5) is 5.30. The fraction of sp³-hybridized carbons (Fsp3) is 0.0217. The summed E-state index contributed by atoms with van der Waals surface area (Å²) in [6.07, 6.45) is 0. The van der Waals surface area contributed by atoms with Crippen LogP contribution in [0.25, 0.3) is 94.3 Å². The van der Waals surface area contributed by atoms with Gasteiger partial charge in [-0.1, -0.05) is 279 Å². The quantitative estimate of drug-likeness (QED) is 0.159. The van der Waals surface area contributed by atoms with Gasteiger partial charge in [-0.15, -0.1) is 0 Å². The maximum atomic E-state index is 2.69. The minimum absolute atomic E-state index is 0.234. The van der Waals surface area contributed by atoms with Crippen molar-refractivity contribution in [2.24, 2.45) is 0 Å². The molecule has 4 aliphatic carbocycles. The van der Waals surface area contributed by atoms with Crippen molar-refractivity contribution in [1.29, 1.82) is 0 Å². The second-order valence-electron chi connectivity index (χ2n) is 26.8. The van der Waals surface area contributed by atoms with Gasteiger partial charge in [0.05, 0.1) is 27.6 Å². The van der Waals surface area contributed by atoms with Gasteiger partial charge in [0.1, 0.15) is 0 Å². The van der Waals surface area contributed by atoms with E-state index in [4.69, 9.17) is 0 Å². The molecule has 2 spiro atoms. The van der Waals surface area contributed by atoms with E-state index in [2.05, 4.69) is 354 Å². The molecule has 1 aromatic heterocycles. The molecule has 16 aromatic rings. The minimum Gasteiger partial charge on any atom is -0.311 e. The van der Waals surface area contributed by atoms with Crippen molar-refractivity contribution in [3.8, 4) is 72.4 Å². The molecule has 0 atom stereocenters. The van der Waals surface area contributed by atoms with Crippen LogP contribution < -0.4 is 26.2 Å². The highest BCUT2D eigenvalue weighted by Crippen LogP contribution is 2.66. The van der Waals surface area contributed by atoms with Crippen LogP contribution in [0.15, 0.2) is 340 Å². The van der Waals surface area contributed by atoms with Gasteiger partial charge in [-0.05, 0) is 188 Å². The zero-order valence-corrected chi connectivity index (χ0v) is 52.3. The summed E-state index contributed by atoms with van der Waals surface area (Å²) in [5.74, 6) is 0. The molecule has 0 unspecified atom stereocenters. The molecule has 96 heavy (non-hydrogen) atoms. The van der Waals surface area contributed by atoms with Crippen LogP contribution in [-0.4, -0.2) is 11.3 Å². The highest BCUT2D eigenvalue weighted by Gasteiger charge is 2.56. The van der Waals surface area contributed by atoms with E-state index in [0.29, 0.717) is 0 Å². The van der Waals surface area contributed by atoms with Gasteiger partial charge in [-0.2, -0.15) is 0 Å². The first-order chi connectivity index (χ1) is 47.7. The van der Waals surface area contributed by atoms with Crippen LogP contribution in [0, 0.1) is 0 Å². The Bertz CT molecular complexity index is 5910. The summed E-state index contributed by atoms with van der Waals surface area (Å²) in [7, 11) is 0. The SMILES string of the molecule is c1ccc(-c2ccc(N3c4ccc(-c5ccccc5)cc4B4c5c3cc(-n3c6ccccc6c6ccccc63)cc5N(c3ccc5c(c3)-c3ccccc3C53c5ccccc5-c5ccccc53)c3ccc5c(c34)-c3ccccc3C53c4ccccc4-c4ccccc43)cc2)cc1. The Kier molecular flexibility index (Phi) is 10.5. The molecule has 22 rings (SSSR count). The fourth-order valence-electron chi connectivity index (χ4n) is 19.0. The molecule has 2 aliphatic heterocycles. The van der Waals surface area contributed by atoms with Gasteiger partial charge in [0.15, 0.2) is 0 Å². The van der Waals surface area contributed by atoms with E-state index in [0.717, 1.165) is 34.1 Å². The lowest BCUT2D eigenvalue weighted by atomic mass is 9.32. The lowest BCUT2D eigenvalue weighted by molar-refractivity contribution is 0.793. The standard InChI is InChI=1S/C92H56BN3/c1-3-23-57(24-4-1)59-43-46-61(47-44-59)94-84-51-45-60(58-25-5-2-6-26-58)53-81(84)93-89-86(94)55-63(96-82-41-21-13-32-69(82)70-33-14-22-42-83(70)96)56-87(89)95(62-48-49-79-72(54-62)68-31-11-19-39-77(68)91(79)73-35-15-7-27-64(73)65-28-8-16-36-74(65)91)85-52-50-80-88(90(85)93)71-34-12-20-40-78(71)92(80)75-37-17-9-29-66(75)67-30-10-18-38-76(67)92/h1-56H. The molecule has 0 amide bonds. The summed E-state index contributed by atoms with van der Waals surface area (Å²) in [6.45, 7) is -0.234. The second-order valence-corrected chi connectivity index (χ2v) is 26.8. The number of fused-ring (bicyclic) bond motifs is 28. The van der Waals surface area contributed by atoms with Crippen LogP contribution in [0.2, 0.25) is 0 Å². The molecule has 0 fully saturated rings. The van der Waals surface area contributed by atoms with E-state index in [1.54, 1.807) is 0 Å². The Morgan fingerprint density at radius 2 is 0.615 bits per heavy atom. The highest BCUT2D eigenvalue weighted by atomic mass is 15.2. The second kappa shape index (κ2) is 19.2. The first kappa shape index (κ1) is 52.3. The average molecular weight is 1210 g/mol. The first-order valence-electron chi connectivity index (χ1n) is 33.7. The van der Waals surface area contributed by atoms with Crippen molar-refractivity contribution in [2.45, 2.75) is 10.8 Å². The molecule has 0 saturated carbocycles. The van der Waals surface area contributed by atoms with Crippen LogP contribution in [0.3, 0.4) is 0 Å². The number of hydrogen-bond acceptors (Lipinski definition) is 2. The van der Waals surface area contributed by atoms with Gasteiger partial charge in [0.25, 0.3) is 6.71 Å². The minimum atomic E-state index is -0.572. The van der Waals surface area contributed by atoms with E-state index in [9.17, 15) is 0 Å². The van der Waals surface area contributed by atoms with Gasteiger partial charge in [-0.3, -0.25) is 0 Å². The van der Waals surface area contributed by atoms with Gasteiger partial charge in [-0.25, -0.2) is 0 Å². The van der Waals surface area contributed by atoms with E-state index < -0.39 is 10.8 Å². The summed E-state index contributed by atoms with van der Waals surface area (Å²) < 4.78 is 2.53. The van der Waals surface area contributed by atoms with Crippen LogP contribution in [-0.2, 0) is 10.8 Å². The average Bonchev–Trinajstić information content (AvgIpc) is 1.50. The van der Waals surface area contributed by atoms with Crippen LogP contribution in [0.5, 0.6) is 0 Å². The zero-order valence-electron chi connectivity index (χ0n) is 52.3. The molecule has 4 heteroatoms. The van der Waals surface area contributed by atoms with Crippen LogP contribution in [0.1, 0.15) is 44.5 Å². The van der Waals surface area contributed by atoms with Gasteiger partial charge in [0.2, 0.25) is 0 Å². The predicted molar refractivity (Wildman–Crippen MR) is 398 cm³/mol. The molecule has 0 radical (unpaired) electrons. The van der Waals surface area contributed by atoms with Crippen molar-refractivity contribution in [1.82, 2.24) is 4.57 Å². The van der Waals surface area contributed by atoms with Gasteiger partial charge in [0, 0.05) is 44.9 Å². The van der Waals surface area contributed by atoms with Crippen molar-refractivity contribution in [3.05, 3.63) is 384 Å². The third kappa shape index (κ3) is 6.58. The Morgan fingerprint density at radius 1 is 0.229 bits per heavy atom. The predicted octanol–water partition coefficient (Wildman–Crippen LogP) is 20.9. The van der Waals surface area contributed by atoms with Gasteiger partial charge < -0.3 is 14.4 Å². The van der Waals surface area contributed by atoms with Crippen molar-refractivity contribution < 1.29 is 0 Å². The maximum absolute atomic E-state index is 2.69. The lowest BCUT2D eigenvalue weighted by Gasteiger charge is -2.45. The number of anilines is 6. The molecule has 3 heterocycles. The zero-order chi connectivity index (χ0) is 62.5. The van der Waals surface area contributed by atoms with E-state index in [1.165, 1.54) is 155 Å². The lowest BCUT2D eigenvalue weighted by Crippen LogP contribution is -2.62. The maximum Gasteiger partial charge on any atom is 0.252 e. The Hall–Kier alpha value is -12.2. The van der Waals surface area contributed by atoms with Crippen molar-refractivity contribution >= 4 is 79.0 Å². The third-order valence-electron chi connectivity index (χ3n) is 22.6. The number of hydrogen-bond donors (Lipinski definition) is 0. The van der Waals surface area contributed by atoms with Gasteiger partial charge >= 0.3 is 0 Å². The van der Waals surface area contributed by atoms with E-state index >= 15 is 0 Å². The number of para-hydroxylation sites is 2. The number of nitrogens with zero attached hydrogens (tertiary/aromatic N) is 3. The normalized spacial score (nSPS) is 14.4. The van der Waals surface area contributed by atoms with E-state index in [1.807, 2.05) is 0 Å². The number of benzene rings is 15. The fourth-order valence-corrected chi connectivity index (χ4v) is 19.0. The Labute approximate surface area is 557 Å². The van der Waals surface area contributed by atoms with E-state index in [-0.39, 0.29) is 6.71 Å². The first-order valence-corrected chi connectivity index (χ1v) is 33.7. The Balaban J connectivity index is 0.895. The van der Waals surface area contributed by atoms with Crippen molar-refractivity contribution in [3.63, 3.8) is 0 Å². The molecule has 0 N–H and O–H groups in total. The highest BCUT2D eigenvalue weighted by molar-refractivity contribution is 7.01. The molecular formula is C92H56BN3. The largest absolute Gasteiger partial charge is 0.311 e. The number of rotatable bonds is 5. The Morgan fingerprint density at radius 3 is 1.17 bits per heavy atom. The van der Waals surface area contributed by atoms with Crippen LogP contribution >= 0.6 is 0 Å².